The molecule has 0 spiro atoms. The maximum atomic E-state index is 5.73. The van der Waals surface area contributed by atoms with Crippen molar-refractivity contribution in [1.82, 2.24) is 10.2 Å². The first-order chi connectivity index (χ1) is 10.3. The minimum absolute atomic E-state index is 0.376. The van der Waals surface area contributed by atoms with Gasteiger partial charge in [-0.15, -0.1) is 10.2 Å². The van der Waals surface area contributed by atoms with E-state index in [1.54, 1.807) is 23.1 Å². The normalized spacial score (nSPS) is 18.6. The minimum Gasteiger partial charge on any atom is -0.377 e. The van der Waals surface area contributed by atoms with Crippen LogP contribution in [0.3, 0.4) is 0 Å². The fourth-order valence-electron chi connectivity index (χ4n) is 2.18. The minimum atomic E-state index is 0.376. The largest absolute Gasteiger partial charge is 0.377 e. The number of nitrogens with zero attached hydrogens (tertiary/aromatic N) is 2. The Balaban J connectivity index is 1.52. The molecule has 0 bridgehead atoms. The molecular weight excluding hydrogens is 302 g/mol. The molecule has 21 heavy (non-hydrogen) atoms. The number of ether oxygens (including phenoxy) is 1. The summed E-state index contributed by atoms with van der Waals surface area (Å²) in [7, 11) is 0. The first-order valence-electron chi connectivity index (χ1n) is 7.21. The van der Waals surface area contributed by atoms with E-state index in [1.165, 1.54) is 24.8 Å². The van der Waals surface area contributed by atoms with Gasteiger partial charge in [-0.2, -0.15) is 0 Å². The Hall–Kier alpha value is -1.11. The third-order valence-electron chi connectivity index (χ3n) is 3.38. The number of anilines is 2. The smallest absolute Gasteiger partial charge is 0.210 e. The highest BCUT2D eigenvalue weighted by Crippen LogP contribution is 2.29. The van der Waals surface area contributed by atoms with Gasteiger partial charge in [0.25, 0.3) is 0 Å². The van der Waals surface area contributed by atoms with E-state index in [4.69, 9.17) is 4.74 Å². The van der Waals surface area contributed by atoms with Gasteiger partial charge in [-0.25, -0.2) is 0 Å². The number of rotatable bonds is 5. The van der Waals surface area contributed by atoms with E-state index in [0.717, 1.165) is 27.5 Å². The maximum Gasteiger partial charge on any atom is 0.210 e. The van der Waals surface area contributed by atoms with E-state index in [0.29, 0.717) is 6.10 Å². The number of thioether (sulfide) groups is 1. The van der Waals surface area contributed by atoms with Crippen molar-refractivity contribution in [3.8, 4) is 0 Å². The van der Waals surface area contributed by atoms with Crippen molar-refractivity contribution < 1.29 is 4.74 Å². The Bertz CT molecular complexity index is 565. The monoisotopic (exact) mass is 321 g/mol. The first kappa shape index (κ1) is 14.8. The zero-order valence-corrected chi connectivity index (χ0v) is 13.7. The molecule has 1 aliphatic heterocycles. The molecule has 1 fully saturated rings. The molecule has 112 valence electrons. The molecule has 0 unspecified atom stereocenters. The standard InChI is InChI=1S/C15H19N3OS2/c1-11-5-7-12(8-6-11)16-14-17-18-15(21-14)20-10-13-4-2-3-9-19-13/h5-8,13H,2-4,9-10H2,1H3,(H,16,17)/t13-/m1/s1. The van der Waals surface area contributed by atoms with E-state index in [-0.39, 0.29) is 0 Å². The number of aromatic nitrogens is 2. The Labute approximate surface area is 133 Å². The molecule has 2 aromatic rings. The van der Waals surface area contributed by atoms with Gasteiger partial charge in [0.05, 0.1) is 6.10 Å². The van der Waals surface area contributed by atoms with E-state index in [2.05, 4.69) is 46.7 Å². The molecule has 3 rings (SSSR count). The van der Waals surface area contributed by atoms with Crippen LogP contribution in [-0.2, 0) is 4.74 Å². The van der Waals surface area contributed by atoms with E-state index in [9.17, 15) is 0 Å². The lowest BCUT2D eigenvalue weighted by Gasteiger charge is -2.21. The van der Waals surface area contributed by atoms with Gasteiger partial charge in [-0.1, -0.05) is 40.8 Å². The van der Waals surface area contributed by atoms with Crippen LogP contribution in [0.4, 0.5) is 10.8 Å². The molecule has 1 saturated heterocycles. The van der Waals surface area contributed by atoms with Crippen molar-refractivity contribution in [2.45, 2.75) is 36.6 Å². The number of aryl methyl sites for hydroxylation is 1. The Morgan fingerprint density at radius 1 is 1.29 bits per heavy atom. The highest BCUT2D eigenvalue weighted by atomic mass is 32.2. The highest BCUT2D eigenvalue weighted by Gasteiger charge is 2.15. The lowest BCUT2D eigenvalue weighted by molar-refractivity contribution is 0.0315. The summed E-state index contributed by atoms with van der Waals surface area (Å²) in [6.45, 7) is 2.98. The second kappa shape index (κ2) is 7.24. The van der Waals surface area contributed by atoms with E-state index in [1.807, 2.05) is 0 Å². The molecule has 0 saturated carbocycles. The molecular formula is C15H19N3OS2. The SMILES string of the molecule is Cc1ccc(Nc2nnc(SC[C@H]3CCCCO3)s2)cc1. The summed E-state index contributed by atoms with van der Waals surface area (Å²) in [6.07, 6.45) is 4.02. The van der Waals surface area contributed by atoms with Crippen LogP contribution in [0, 0.1) is 6.92 Å². The summed E-state index contributed by atoms with van der Waals surface area (Å²) >= 11 is 3.34. The molecule has 0 aliphatic carbocycles. The second-order valence-corrected chi connectivity index (χ2v) is 7.41. The Kier molecular flexibility index (Phi) is 5.11. The van der Waals surface area contributed by atoms with Gasteiger partial charge >= 0.3 is 0 Å². The number of hydrogen-bond acceptors (Lipinski definition) is 6. The zero-order chi connectivity index (χ0) is 14.5. The number of nitrogens with one attached hydrogen (secondary N) is 1. The molecule has 6 heteroatoms. The Morgan fingerprint density at radius 3 is 2.90 bits per heavy atom. The molecule has 0 radical (unpaired) electrons. The van der Waals surface area contributed by atoms with Crippen molar-refractivity contribution in [1.29, 1.82) is 0 Å². The van der Waals surface area contributed by atoms with Crippen molar-refractivity contribution in [3.63, 3.8) is 0 Å². The fourth-order valence-corrected chi connectivity index (χ4v) is 4.05. The van der Waals surface area contributed by atoms with E-state index >= 15 is 0 Å². The average Bonchev–Trinajstić information content (AvgIpc) is 2.96. The van der Waals surface area contributed by atoms with Crippen LogP contribution in [0.1, 0.15) is 24.8 Å². The van der Waals surface area contributed by atoms with Gasteiger partial charge in [0.1, 0.15) is 0 Å². The summed E-state index contributed by atoms with van der Waals surface area (Å²) in [5, 5.41) is 12.5. The molecule has 1 N–H and O–H groups in total. The molecule has 4 nitrogen and oxygen atoms in total. The predicted molar refractivity (Wildman–Crippen MR) is 88.7 cm³/mol. The lowest BCUT2D eigenvalue weighted by Crippen LogP contribution is -2.21. The molecule has 1 aromatic heterocycles. The second-order valence-electron chi connectivity index (χ2n) is 5.16. The predicted octanol–water partition coefficient (Wildman–Crippen LogP) is 4.25. The topological polar surface area (TPSA) is 47.0 Å². The molecule has 2 heterocycles. The van der Waals surface area contributed by atoms with Crippen molar-refractivity contribution in [3.05, 3.63) is 29.8 Å². The van der Waals surface area contributed by atoms with E-state index < -0.39 is 0 Å². The zero-order valence-electron chi connectivity index (χ0n) is 12.0. The summed E-state index contributed by atoms with van der Waals surface area (Å²) in [5.74, 6) is 0.971. The van der Waals surface area contributed by atoms with Crippen LogP contribution in [0.2, 0.25) is 0 Å². The van der Waals surface area contributed by atoms with Gasteiger partial charge in [0.2, 0.25) is 5.13 Å². The van der Waals surface area contributed by atoms with Gasteiger partial charge in [-0.3, -0.25) is 0 Å². The van der Waals surface area contributed by atoms with Gasteiger partial charge < -0.3 is 10.1 Å². The van der Waals surface area contributed by atoms with Crippen LogP contribution in [0.25, 0.3) is 0 Å². The van der Waals surface area contributed by atoms with Crippen LogP contribution in [0.5, 0.6) is 0 Å². The van der Waals surface area contributed by atoms with Gasteiger partial charge in [0, 0.05) is 18.0 Å². The quantitative estimate of drug-likeness (QED) is 0.834. The number of benzene rings is 1. The van der Waals surface area contributed by atoms with Crippen LogP contribution < -0.4 is 5.32 Å². The van der Waals surface area contributed by atoms with Crippen LogP contribution >= 0.6 is 23.1 Å². The third-order valence-corrected chi connectivity index (χ3v) is 5.48. The van der Waals surface area contributed by atoms with Crippen molar-refractivity contribution in [2.24, 2.45) is 0 Å². The fraction of sp³-hybridized carbons (Fsp3) is 0.467. The third kappa shape index (κ3) is 4.43. The van der Waals surface area contributed by atoms with Crippen LogP contribution in [0.15, 0.2) is 28.6 Å². The summed E-state index contributed by atoms with van der Waals surface area (Å²) in [4.78, 5) is 0. The van der Waals surface area contributed by atoms with Crippen molar-refractivity contribution in [2.75, 3.05) is 17.7 Å². The Morgan fingerprint density at radius 2 is 2.14 bits per heavy atom. The molecule has 1 aromatic carbocycles. The van der Waals surface area contributed by atoms with Gasteiger partial charge in [-0.05, 0) is 38.3 Å². The summed E-state index contributed by atoms with van der Waals surface area (Å²) < 4.78 is 6.73. The highest BCUT2D eigenvalue weighted by molar-refractivity contribution is 8.01. The van der Waals surface area contributed by atoms with Crippen molar-refractivity contribution >= 4 is 33.9 Å². The van der Waals surface area contributed by atoms with Crippen LogP contribution in [-0.4, -0.2) is 28.7 Å². The molecule has 1 aliphatic rings. The molecule has 0 amide bonds. The number of hydrogen-bond donors (Lipinski definition) is 1. The average molecular weight is 321 g/mol. The summed E-state index contributed by atoms with van der Waals surface area (Å²) in [5.41, 5.74) is 2.30. The first-order valence-corrected chi connectivity index (χ1v) is 9.01. The van der Waals surface area contributed by atoms with Gasteiger partial charge in [0.15, 0.2) is 4.34 Å². The summed E-state index contributed by atoms with van der Waals surface area (Å²) in [6, 6.07) is 8.28. The molecule has 1 atom stereocenters. The lowest BCUT2D eigenvalue weighted by atomic mass is 10.1. The maximum absolute atomic E-state index is 5.73.